The number of hydrogen-bond donors (Lipinski definition) is 2. The molecule has 1 aliphatic heterocycles. The fourth-order valence-corrected chi connectivity index (χ4v) is 2.63. The van der Waals surface area contributed by atoms with Crippen molar-refractivity contribution in [3.05, 3.63) is 23.5 Å². The third-order valence-electron chi connectivity index (χ3n) is 3.84. The van der Waals surface area contributed by atoms with Crippen molar-refractivity contribution in [2.75, 3.05) is 13.2 Å². The number of halogens is 1. The number of ether oxygens (including phenoxy) is 2. The van der Waals surface area contributed by atoms with Crippen molar-refractivity contribution in [1.82, 2.24) is 5.32 Å². The maximum atomic E-state index is 14.3. The van der Waals surface area contributed by atoms with Crippen LogP contribution in [0.2, 0.25) is 0 Å². The van der Waals surface area contributed by atoms with Crippen LogP contribution in [-0.4, -0.2) is 37.0 Å². The number of amides is 1. The number of carbonyl (C=O) groups excluding carboxylic acids is 1. The lowest BCUT2D eigenvalue weighted by Crippen LogP contribution is -2.35. The molecule has 1 amide bonds. The van der Waals surface area contributed by atoms with Crippen molar-refractivity contribution in [1.29, 1.82) is 0 Å². The van der Waals surface area contributed by atoms with E-state index >= 15 is 0 Å². The topological polar surface area (TPSA) is 77.0 Å². The summed E-state index contributed by atoms with van der Waals surface area (Å²) in [6.45, 7) is 9.84. The van der Waals surface area contributed by atoms with Gasteiger partial charge >= 0.3 is 13.2 Å². The van der Waals surface area contributed by atoms with E-state index in [9.17, 15) is 14.2 Å². The molecule has 0 bridgehead atoms. The Hall–Kier alpha value is -1.80. The van der Waals surface area contributed by atoms with Crippen molar-refractivity contribution in [2.24, 2.45) is 5.92 Å². The molecule has 0 saturated carbocycles. The van der Waals surface area contributed by atoms with E-state index in [1.54, 1.807) is 20.8 Å². The van der Waals surface area contributed by atoms with Crippen LogP contribution in [0.3, 0.4) is 0 Å². The molecule has 2 rings (SSSR count). The first-order chi connectivity index (χ1) is 12.1. The molecule has 1 aromatic carbocycles. The second-order valence-corrected chi connectivity index (χ2v) is 7.76. The zero-order chi connectivity index (χ0) is 19.5. The summed E-state index contributed by atoms with van der Waals surface area (Å²) in [7, 11) is -1.31. The molecule has 0 aliphatic carbocycles. The Morgan fingerprint density at radius 3 is 2.73 bits per heavy atom. The van der Waals surface area contributed by atoms with E-state index in [0.29, 0.717) is 18.3 Å². The van der Waals surface area contributed by atoms with Crippen LogP contribution in [0.15, 0.2) is 12.1 Å². The minimum Gasteiger partial charge on any atom is -0.494 e. The van der Waals surface area contributed by atoms with Gasteiger partial charge in [-0.2, -0.15) is 0 Å². The maximum Gasteiger partial charge on any atom is 0.495 e. The highest BCUT2D eigenvalue weighted by molar-refractivity contribution is 6.62. The molecule has 0 aromatic heterocycles. The molecule has 8 heteroatoms. The van der Waals surface area contributed by atoms with E-state index in [-0.39, 0.29) is 17.6 Å². The Kier molecular flexibility index (Phi) is 6.52. The standard InChI is InChI=1S/C18H27BFNO5/c1-11(2)8-9-24-13-7-6-12(20)15-14(26-19(23)16(13)15)10-21-17(22)25-18(3,4)5/h6-7,11,14,23H,8-10H2,1-5H3,(H,21,22). The predicted molar refractivity (Wildman–Crippen MR) is 97.0 cm³/mol. The molecule has 0 radical (unpaired) electrons. The lowest BCUT2D eigenvalue weighted by atomic mass is 9.78. The highest BCUT2D eigenvalue weighted by Crippen LogP contribution is 2.30. The van der Waals surface area contributed by atoms with Gasteiger partial charge < -0.3 is 24.5 Å². The van der Waals surface area contributed by atoms with Crippen LogP contribution in [0.5, 0.6) is 5.75 Å². The maximum absolute atomic E-state index is 14.3. The van der Waals surface area contributed by atoms with E-state index in [2.05, 4.69) is 19.2 Å². The van der Waals surface area contributed by atoms with Crippen LogP contribution in [0, 0.1) is 11.7 Å². The van der Waals surface area contributed by atoms with Crippen LogP contribution in [0.25, 0.3) is 0 Å². The molecule has 1 aliphatic rings. The van der Waals surface area contributed by atoms with Gasteiger partial charge in [0.25, 0.3) is 0 Å². The predicted octanol–water partition coefficient (Wildman–Crippen LogP) is 2.53. The molecule has 2 N–H and O–H groups in total. The van der Waals surface area contributed by atoms with E-state index in [4.69, 9.17) is 14.1 Å². The van der Waals surface area contributed by atoms with Gasteiger partial charge in [-0.15, -0.1) is 0 Å². The minimum atomic E-state index is -1.31. The largest absolute Gasteiger partial charge is 0.495 e. The highest BCUT2D eigenvalue weighted by Gasteiger charge is 2.40. The molecule has 1 heterocycles. The number of hydrogen-bond acceptors (Lipinski definition) is 5. The van der Waals surface area contributed by atoms with Crippen LogP contribution in [0.4, 0.5) is 9.18 Å². The summed E-state index contributed by atoms with van der Waals surface area (Å²) in [4.78, 5) is 11.8. The molecule has 144 valence electrons. The summed E-state index contributed by atoms with van der Waals surface area (Å²) >= 11 is 0. The summed E-state index contributed by atoms with van der Waals surface area (Å²) < 4.78 is 30.6. The zero-order valence-electron chi connectivity index (χ0n) is 16.0. The second-order valence-electron chi connectivity index (χ2n) is 7.76. The molecule has 1 aromatic rings. The van der Waals surface area contributed by atoms with Gasteiger partial charge in [0.15, 0.2) is 0 Å². The van der Waals surface area contributed by atoms with Gasteiger partial charge in [0, 0.05) is 17.6 Å². The summed E-state index contributed by atoms with van der Waals surface area (Å²) in [5, 5.41) is 12.7. The Labute approximate surface area is 154 Å². The normalized spacial score (nSPS) is 16.6. The number of benzene rings is 1. The van der Waals surface area contributed by atoms with E-state index < -0.39 is 30.7 Å². The average molecular weight is 367 g/mol. The summed E-state index contributed by atoms with van der Waals surface area (Å²) in [5.41, 5.74) is -0.152. The molecular formula is C18H27BFNO5. The van der Waals surface area contributed by atoms with Crippen molar-refractivity contribution in [3.8, 4) is 5.75 Å². The van der Waals surface area contributed by atoms with E-state index in [1.165, 1.54) is 12.1 Å². The van der Waals surface area contributed by atoms with Crippen LogP contribution >= 0.6 is 0 Å². The van der Waals surface area contributed by atoms with Gasteiger partial charge in [-0.1, -0.05) is 13.8 Å². The van der Waals surface area contributed by atoms with Crippen molar-refractivity contribution in [3.63, 3.8) is 0 Å². The molecule has 1 unspecified atom stereocenters. The second kappa shape index (κ2) is 8.27. The fraction of sp³-hybridized carbons (Fsp3) is 0.611. The SMILES string of the molecule is CC(C)CCOc1ccc(F)c2c1B(O)OC2CNC(=O)OC(C)(C)C. The van der Waals surface area contributed by atoms with Crippen molar-refractivity contribution < 1.29 is 28.3 Å². The molecule has 6 nitrogen and oxygen atoms in total. The fourth-order valence-electron chi connectivity index (χ4n) is 2.63. The van der Waals surface area contributed by atoms with Crippen molar-refractivity contribution in [2.45, 2.75) is 52.7 Å². The van der Waals surface area contributed by atoms with Crippen LogP contribution < -0.4 is 15.5 Å². The first kappa shape index (κ1) is 20.5. The third-order valence-corrected chi connectivity index (χ3v) is 3.84. The molecular weight excluding hydrogens is 340 g/mol. The first-order valence-electron chi connectivity index (χ1n) is 8.84. The molecule has 1 atom stereocenters. The van der Waals surface area contributed by atoms with Gasteiger partial charge in [-0.25, -0.2) is 9.18 Å². The number of nitrogens with one attached hydrogen (secondary N) is 1. The number of carbonyl (C=O) groups is 1. The number of fused-ring (bicyclic) bond motifs is 1. The quantitative estimate of drug-likeness (QED) is 0.756. The monoisotopic (exact) mass is 367 g/mol. The van der Waals surface area contributed by atoms with E-state index in [0.717, 1.165) is 6.42 Å². The number of rotatable bonds is 6. The first-order valence-corrected chi connectivity index (χ1v) is 8.84. The average Bonchev–Trinajstić information content (AvgIpc) is 2.83. The highest BCUT2D eigenvalue weighted by atomic mass is 19.1. The minimum absolute atomic E-state index is 0.0225. The molecule has 0 fully saturated rings. The summed E-state index contributed by atoms with van der Waals surface area (Å²) in [5.74, 6) is 0.355. The Balaban J connectivity index is 2.10. The lowest BCUT2D eigenvalue weighted by Gasteiger charge is -2.21. The number of alkyl carbamates (subject to hydrolysis) is 1. The van der Waals surface area contributed by atoms with Gasteiger partial charge in [0.1, 0.15) is 17.2 Å². The molecule has 0 saturated heterocycles. The smallest absolute Gasteiger partial charge is 0.494 e. The van der Waals surface area contributed by atoms with Gasteiger partial charge in [0.05, 0.1) is 12.7 Å². The Morgan fingerprint density at radius 2 is 2.12 bits per heavy atom. The van der Waals surface area contributed by atoms with Crippen LogP contribution in [0.1, 0.15) is 52.7 Å². The molecule has 0 spiro atoms. The Bertz CT molecular complexity index is 647. The zero-order valence-corrected chi connectivity index (χ0v) is 16.0. The van der Waals surface area contributed by atoms with Gasteiger partial charge in [-0.3, -0.25) is 0 Å². The third kappa shape index (κ3) is 5.35. The molecule has 26 heavy (non-hydrogen) atoms. The Morgan fingerprint density at radius 1 is 1.42 bits per heavy atom. The van der Waals surface area contributed by atoms with Gasteiger partial charge in [0.2, 0.25) is 0 Å². The van der Waals surface area contributed by atoms with Crippen LogP contribution in [-0.2, 0) is 9.39 Å². The van der Waals surface area contributed by atoms with Crippen molar-refractivity contribution >= 4 is 18.7 Å². The van der Waals surface area contributed by atoms with Gasteiger partial charge in [-0.05, 0) is 45.2 Å². The summed E-state index contributed by atoms with van der Waals surface area (Å²) in [6, 6.07) is 2.77. The summed E-state index contributed by atoms with van der Waals surface area (Å²) in [6.07, 6.45) is -0.609. The van der Waals surface area contributed by atoms with E-state index in [1.807, 2.05) is 0 Å². The lowest BCUT2D eigenvalue weighted by molar-refractivity contribution is 0.0497.